The summed E-state index contributed by atoms with van der Waals surface area (Å²) < 4.78 is 46.2. The molecule has 0 saturated carbocycles. The van der Waals surface area contributed by atoms with Crippen LogP contribution in [0.15, 0.2) is 28.8 Å². The summed E-state index contributed by atoms with van der Waals surface area (Å²) in [4.78, 5) is 8.99. The van der Waals surface area contributed by atoms with Gasteiger partial charge in [0, 0.05) is 18.2 Å². The molecule has 1 aromatic carbocycles. The second-order valence-corrected chi connectivity index (χ2v) is 7.66. The van der Waals surface area contributed by atoms with E-state index in [1.54, 1.807) is 0 Å². The summed E-state index contributed by atoms with van der Waals surface area (Å²) in [5, 5.41) is 14.2. The minimum absolute atomic E-state index is 0.160. The van der Waals surface area contributed by atoms with Gasteiger partial charge in [-0.25, -0.2) is 0 Å². The Labute approximate surface area is 166 Å². The molecule has 0 radical (unpaired) electrons. The lowest BCUT2D eigenvalue weighted by atomic mass is 10.0. The molecular weight excluding hydrogens is 389 g/mol. The van der Waals surface area contributed by atoms with Crippen molar-refractivity contribution in [2.75, 3.05) is 26.7 Å². The van der Waals surface area contributed by atoms with E-state index < -0.39 is 12.5 Å². The lowest BCUT2D eigenvalue weighted by Gasteiger charge is -2.37. The zero-order valence-electron chi connectivity index (χ0n) is 16.0. The molecule has 2 aliphatic heterocycles. The van der Waals surface area contributed by atoms with E-state index in [1.807, 2.05) is 0 Å². The van der Waals surface area contributed by atoms with Crippen molar-refractivity contribution in [2.45, 2.75) is 43.8 Å². The Kier molecular flexibility index (Phi) is 5.50. The first-order valence-electron chi connectivity index (χ1n) is 9.60. The van der Waals surface area contributed by atoms with Gasteiger partial charge in [0.1, 0.15) is 5.75 Å². The number of aliphatic hydroxyl groups excluding tert-OH is 1. The number of ether oxygens (including phenoxy) is 1. The third-order valence-corrected chi connectivity index (χ3v) is 5.55. The zero-order valence-corrected chi connectivity index (χ0v) is 16.0. The highest BCUT2D eigenvalue weighted by atomic mass is 19.4. The average molecular weight is 412 g/mol. The van der Waals surface area contributed by atoms with Crippen LogP contribution in [-0.4, -0.2) is 70.2 Å². The molecule has 0 unspecified atom stereocenters. The van der Waals surface area contributed by atoms with Gasteiger partial charge >= 0.3 is 6.36 Å². The Bertz CT molecular complexity index is 819. The van der Waals surface area contributed by atoms with E-state index >= 15 is 0 Å². The number of aromatic nitrogens is 2. The second kappa shape index (κ2) is 7.92. The van der Waals surface area contributed by atoms with Crippen LogP contribution in [0.25, 0.3) is 11.4 Å². The largest absolute Gasteiger partial charge is 0.573 e. The van der Waals surface area contributed by atoms with Gasteiger partial charge in [0.15, 0.2) is 0 Å². The van der Waals surface area contributed by atoms with E-state index in [-0.39, 0.29) is 11.8 Å². The van der Waals surface area contributed by atoms with Gasteiger partial charge in [0.2, 0.25) is 11.7 Å². The Hall–Kier alpha value is -2.17. The van der Waals surface area contributed by atoms with Gasteiger partial charge in [-0.1, -0.05) is 5.16 Å². The number of aliphatic hydroxyl groups is 1. The van der Waals surface area contributed by atoms with E-state index in [9.17, 15) is 18.3 Å². The fourth-order valence-corrected chi connectivity index (χ4v) is 4.10. The summed E-state index contributed by atoms with van der Waals surface area (Å²) in [6, 6.07) is 5.52. The number of alkyl halides is 3. The van der Waals surface area contributed by atoms with E-state index in [0.717, 1.165) is 25.9 Å². The van der Waals surface area contributed by atoms with Crippen LogP contribution in [0.4, 0.5) is 13.2 Å². The van der Waals surface area contributed by atoms with Gasteiger partial charge in [-0.05, 0) is 63.7 Å². The smallest absolute Gasteiger partial charge is 0.406 e. The first kappa shape index (κ1) is 20.1. The van der Waals surface area contributed by atoms with Crippen LogP contribution in [0.5, 0.6) is 5.75 Å². The van der Waals surface area contributed by atoms with E-state index in [2.05, 4.69) is 31.7 Å². The number of likely N-dealkylation sites (tertiary alicyclic amines) is 2. The SMILES string of the molecule is CN1CCC(N2C[C@H](O)C[C@H]2c2nc(-c3ccc(OC(F)(F)F)cc3)no2)CC1. The topological polar surface area (TPSA) is 74.9 Å². The summed E-state index contributed by atoms with van der Waals surface area (Å²) in [6.45, 7) is 2.58. The number of halogens is 3. The third-order valence-electron chi connectivity index (χ3n) is 5.55. The van der Waals surface area contributed by atoms with Crippen molar-refractivity contribution in [3.8, 4) is 17.1 Å². The van der Waals surface area contributed by atoms with Gasteiger partial charge < -0.3 is 19.3 Å². The van der Waals surface area contributed by atoms with Crippen LogP contribution >= 0.6 is 0 Å². The molecule has 2 aliphatic rings. The molecule has 0 amide bonds. The minimum atomic E-state index is -4.73. The Balaban J connectivity index is 1.49. The minimum Gasteiger partial charge on any atom is -0.406 e. The molecule has 2 fully saturated rings. The first-order chi connectivity index (χ1) is 13.8. The highest BCUT2D eigenvalue weighted by Gasteiger charge is 2.40. The number of β-amino-alcohol motifs (C(OH)–C–C–N with tert-alkyl or cyclic N) is 1. The third kappa shape index (κ3) is 4.71. The Morgan fingerprint density at radius 2 is 1.86 bits per heavy atom. The van der Waals surface area contributed by atoms with Crippen LogP contribution in [0.3, 0.4) is 0 Å². The van der Waals surface area contributed by atoms with E-state index in [4.69, 9.17) is 4.52 Å². The highest BCUT2D eigenvalue weighted by Crippen LogP contribution is 2.36. The number of rotatable bonds is 4. The molecule has 10 heteroatoms. The lowest BCUT2D eigenvalue weighted by molar-refractivity contribution is -0.274. The fraction of sp³-hybridized carbons (Fsp3) is 0.579. The van der Waals surface area contributed by atoms with Gasteiger partial charge in [-0.3, -0.25) is 4.90 Å². The van der Waals surface area contributed by atoms with Gasteiger partial charge in [0.25, 0.3) is 0 Å². The Morgan fingerprint density at radius 1 is 1.17 bits per heavy atom. The van der Waals surface area contributed by atoms with Crippen molar-refractivity contribution >= 4 is 0 Å². The maximum atomic E-state index is 12.3. The molecule has 4 rings (SSSR count). The van der Waals surface area contributed by atoms with Crippen LogP contribution in [0.2, 0.25) is 0 Å². The summed E-state index contributed by atoms with van der Waals surface area (Å²) in [6.07, 6.45) is -2.63. The van der Waals surface area contributed by atoms with Gasteiger partial charge in [-0.2, -0.15) is 4.98 Å². The van der Waals surface area contributed by atoms with Crippen molar-refractivity contribution in [1.82, 2.24) is 19.9 Å². The quantitative estimate of drug-likeness (QED) is 0.828. The number of hydrogen-bond donors (Lipinski definition) is 1. The van der Waals surface area contributed by atoms with Crippen LogP contribution in [0, 0.1) is 0 Å². The van der Waals surface area contributed by atoms with Crippen molar-refractivity contribution in [3.05, 3.63) is 30.2 Å². The molecule has 7 nitrogen and oxygen atoms in total. The van der Waals surface area contributed by atoms with Crippen LogP contribution in [-0.2, 0) is 0 Å². The van der Waals surface area contributed by atoms with Gasteiger partial charge in [-0.15, -0.1) is 13.2 Å². The normalized spacial score (nSPS) is 24.9. The predicted octanol–water partition coefficient (Wildman–Crippen LogP) is 2.84. The standard InChI is InChI=1S/C19H23F3N4O3/c1-25-8-6-13(7-9-25)26-11-14(27)10-16(26)18-23-17(24-29-18)12-2-4-15(5-3-12)28-19(20,21)22/h2-5,13-14,16,27H,6-11H2,1H3/t14-,16+/m1/s1. The molecule has 2 aromatic rings. The number of piperidine rings is 1. The molecule has 1 aromatic heterocycles. The zero-order chi connectivity index (χ0) is 20.6. The number of benzene rings is 1. The van der Waals surface area contributed by atoms with Crippen molar-refractivity contribution < 1.29 is 27.5 Å². The molecule has 2 atom stereocenters. The second-order valence-electron chi connectivity index (χ2n) is 7.66. The maximum Gasteiger partial charge on any atom is 0.573 e. The summed E-state index contributed by atoms with van der Waals surface area (Å²) in [5.74, 6) is 0.409. The fourth-order valence-electron chi connectivity index (χ4n) is 4.10. The molecule has 2 saturated heterocycles. The van der Waals surface area contributed by atoms with E-state index in [0.29, 0.717) is 36.3 Å². The molecule has 0 spiro atoms. The molecule has 29 heavy (non-hydrogen) atoms. The molecule has 158 valence electrons. The highest BCUT2D eigenvalue weighted by molar-refractivity contribution is 5.55. The van der Waals surface area contributed by atoms with E-state index in [1.165, 1.54) is 24.3 Å². The monoisotopic (exact) mass is 412 g/mol. The van der Waals surface area contributed by atoms with Gasteiger partial charge in [0.05, 0.1) is 12.1 Å². The first-order valence-corrected chi connectivity index (χ1v) is 9.60. The molecule has 0 bridgehead atoms. The molecule has 0 aliphatic carbocycles. The number of hydrogen-bond acceptors (Lipinski definition) is 7. The van der Waals surface area contributed by atoms with Crippen LogP contribution < -0.4 is 4.74 Å². The summed E-state index contributed by atoms with van der Waals surface area (Å²) in [7, 11) is 2.10. The van der Waals surface area contributed by atoms with Crippen molar-refractivity contribution in [3.63, 3.8) is 0 Å². The molecule has 3 heterocycles. The Morgan fingerprint density at radius 3 is 2.52 bits per heavy atom. The lowest BCUT2D eigenvalue weighted by Crippen LogP contribution is -2.43. The predicted molar refractivity (Wildman–Crippen MR) is 97.0 cm³/mol. The summed E-state index contributed by atoms with van der Waals surface area (Å²) >= 11 is 0. The number of nitrogens with zero attached hydrogens (tertiary/aromatic N) is 4. The van der Waals surface area contributed by atoms with Crippen molar-refractivity contribution in [2.24, 2.45) is 0 Å². The van der Waals surface area contributed by atoms with Crippen LogP contribution in [0.1, 0.15) is 31.2 Å². The molecular formula is C19H23F3N4O3. The average Bonchev–Trinajstić information content (AvgIpc) is 3.28. The summed E-state index contributed by atoms with van der Waals surface area (Å²) in [5.41, 5.74) is 0.527. The maximum absolute atomic E-state index is 12.3. The van der Waals surface area contributed by atoms with Crippen molar-refractivity contribution in [1.29, 1.82) is 0 Å². The molecule has 1 N–H and O–H groups in total.